The van der Waals surface area contributed by atoms with Crippen LogP contribution >= 0.6 is 25.3 Å². The summed E-state index contributed by atoms with van der Waals surface area (Å²) in [5.74, 6) is 12.8. The Labute approximate surface area is 115 Å². The van der Waals surface area contributed by atoms with Crippen LogP contribution < -0.4 is 11.7 Å². The summed E-state index contributed by atoms with van der Waals surface area (Å²) in [4.78, 5) is 0. The van der Waals surface area contributed by atoms with Crippen molar-refractivity contribution in [2.24, 2.45) is 0 Å². The zero-order valence-corrected chi connectivity index (χ0v) is 11.3. The van der Waals surface area contributed by atoms with E-state index in [2.05, 4.69) is 45.7 Å². The minimum atomic E-state index is 0.409. The van der Waals surface area contributed by atoms with Crippen LogP contribution in [0.15, 0.2) is 10.3 Å². The van der Waals surface area contributed by atoms with Crippen LogP contribution in [0.4, 0.5) is 0 Å². The highest BCUT2D eigenvalue weighted by atomic mass is 32.1. The third-order valence-electron chi connectivity index (χ3n) is 2.55. The van der Waals surface area contributed by atoms with E-state index < -0.39 is 0 Å². The number of nitrogens with zero attached hydrogens (tertiary/aromatic N) is 6. The molecule has 2 aromatic heterocycles. The van der Waals surface area contributed by atoms with E-state index in [9.17, 15) is 0 Å². The Balaban J connectivity index is 1.80. The summed E-state index contributed by atoms with van der Waals surface area (Å²) in [5.41, 5.74) is 0. The Morgan fingerprint density at radius 2 is 1.17 bits per heavy atom. The fourth-order valence-corrected chi connectivity index (χ4v) is 1.86. The Morgan fingerprint density at radius 1 is 0.778 bits per heavy atom. The Morgan fingerprint density at radius 3 is 1.44 bits per heavy atom. The van der Waals surface area contributed by atoms with Crippen molar-refractivity contribution >= 4 is 25.3 Å². The number of nitrogen functional groups attached to an aromatic ring is 2. The minimum Gasteiger partial charge on any atom is -0.336 e. The van der Waals surface area contributed by atoms with Gasteiger partial charge in [0.15, 0.2) is 11.6 Å². The van der Waals surface area contributed by atoms with Crippen LogP contribution in [-0.4, -0.2) is 29.7 Å². The highest BCUT2D eigenvalue weighted by Crippen LogP contribution is 2.08. The van der Waals surface area contributed by atoms with Crippen molar-refractivity contribution in [2.75, 3.05) is 11.7 Å². The first kappa shape index (κ1) is 13.0. The lowest BCUT2D eigenvalue weighted by molar-refractivity contribution is 0.654. The van der Waals surface area contributed by atoms with Crippen molar-refractivity contribution < 1.29 is 0 Å². The summed E-state index contributed by atoms with van der Waals surface area (Å²) in [6.45, 7) is 0. The molecular formula is C8H14N8S2. The van der Waals surface area contributed by atoms with E-state index in [1.165, 1.54) is 9.35 Å². The fraction of sp³-hybridized carbons (Fsp3) is 0.500. The molecule has 0 saturated heterocycles. The lowest BCUT2D eigenvalue weighted by atomic mass is 10.2. The highest BCUT2D eigenvalue weighted by Gasteiger charge is 2.08. The number of hydrogen-bond acceptors (Lipinski definition) is 8. The molecule has 0 aliphatic carbocycles. The number of thiol groups is 2. The molecule has 0 spiro atoms. The molecule has 0 bridgehead atoms. The Bertz CT molecular complexity index is 485. The molecule has 98 valence electrons. The van der Waals surface area contributed by atoms with Crippen molar-refractivity contribution in [3.05, 3.63) is 11.6 Å². The predicted molar refractivity (Wildman–Crippen MR) is 71.5 cm³/mol. The third kappa shape index (κ3) is 2.70. The summed E-state index contributed by atoms with van der Waals surface area (Å²) in [6.07, 6.45) is 3.27. The van der Waals surface area contributed by atoms with Gasteiger partial charge in [0.2, 0.25) is 10.3 Å². The largest absolute Gasteiger partial charge is 0.336 e. The fourth-order valence-electron chi connectivity index (χ4n) is 1.54. The monoisotopic (exact) mass is 286 g/mol. The van der Waals surface area contributed by atoms with E-state index in [1.54, 1.807) is 0 Å². The molecule has 2 aromatic rings. The molecule has 2 rings (SSSR count). The Hall–Kier alpha value is -1.42. The molecule has 0 aliphatic heterocycles. The van der Waals surface area contributed by atoms with Crippen molar-refractivity contribution in [2.45, 2.75) is 36.0 Å². The number of aromatic nitrogens is 6. The molecule has 0 aromatic carbocycles. The number of hydrogen-bond donors (Lipinski definition) is 4. The second kappa shape index (κ2) is 5.48. The van der Waals surface area contributed by atoms with Gasteiger partial charge in [-0.25, -0.2) is 9.35 Å². The molecular weight excluding hydrogens is 272 g/mol. The first-order chi connectivity index (χ1) is 8.59. The maximum Gasteiger partial charge on any atom is 0.206 e. The van der Waals surface area contributed by atoms with Crippen LogP contribution in [-0.2, 0) is 12.8 Å². The van der Waals surface area contributed by atoms with E-state index >= 15 is 0 Å². The van der Waals surface area contributed by atoms with Crippen molar-refractivity contribution in [1.82, 2.24) is 29.7 Å². The van der Waals surface area contributed by atoms with Gasteiger partial charge < -0.3 is 11.7 Å². The standard InChI is InChI=1S/C8H14N8S2/c9-15-5(11-13-7(15)17)3-1-2-4-6-12-14-8(18)16(6)10/h1-4,9-10H2,(H,13,17)(H,14,18). The molecule has 0 radical (unpaired) electrons. The van der Waals surface area contributed by atoms with Gasteiger partial charge in [0, 0.05) is 12.8 Å². The Kier molecular flexibility index (Phi) is 3.97. The van der Waals surface area contributed by atoms with Crippen LogP contribution in [0.3, 0.4) is 0 Å². The lowest BCUT2D eigenvalue weighted by Crippen LogP contribution is -2.14. The smallest absolute Gasteiger partial charge is 0.206 e. The van der Waals surface area contributed by atoms with Crippen LogP contribution in [0, 0.1) is 0 Å². The van der Waals surface area contributed by atoms with Gasteiger partial charge >= 0.3 is 0 Å². The van der Waals surface area contributed by atoms with Gasteiger partial charge in [-0.15, -0.1) is 45.7 Å². The average Bonchev–Trinajstić information content (AvgIpc) is 2.83. The first-order valence-corrected chi connectivity index (χ1v) is 6.25. The SMILES string of the molecule is Nn1c(S)nnc1CCCCc1nnc(S)n1N. The van der Waals surface area contributed by atoms with Gasteiger partial charge in [-0.3, -0.25) is 0 Å². The number of rotatable bonds is 5. The van der Waals surface area contributed by atoms with Crippen LogP contribution in [0.25, 0.3) is 0 Å². The average molecular weight is 286 g/mol. The molecule has 0 saturated carbocycles. The van der Waals surface area contributed by atoms with Crippen molar-refractivity contribution in [3.8, 4) is 0 Å². The summed E-state index contributed by atoms with van der Waals surface area (Å²) >= 11 is 8.11. The van der Waals surface area contributed by atoms with E-state index in [0.717, 1.165) is 25.7 Å². The van der Waals surface area contributed by atoms with Gasteiger partial charge in [-0.2, -0.15) is 0 Å². The minimum absolute atomic E-state index is 0.409. The molecule has 0 unspecified atom stereocenters. The van der Waals surface area contributed by atoms with Gasteiger partial charge in [-0.05, 0) is 12.8 Å². The van der Waals surface area contributed by atoms with Gasteiger partial charge in [0.25, 0.3) is 0 Å². The quantitative estimate of drug-likeness (QED) is 0.333. The summed E-state index contributed by atoms with van der Waals surface area (Å²) < 4.78 is 2.75. The highest BCUT2D eigenvalue weighted by molar-refractivity contribution is 7.80. The third-order valence-corrected chi connectivity index (χ3v) is 3.16. The first-order valence-electron chi connectivity index (χ1n) is 5.36. The number of unbranched alkanes of at least 4 members (excludes halogenated alkanes) is 1. The second-order valence-electron chi connectivity index (χ2n) is 3.78. The maximum absolute atomic E-state index is 5.68. The molecule has 10 heteroatoms. The van der Waals surface area contributed by atoms with Crippen molar-refractivity contribution in [3.63, 3.8) is 0 Å². The molecule has 0 atom stereocenters. The zero-order chi connectivity index (χ0) is 13.1. The molecule has 8 nitrogen and oxygen atoms in total. The molecule has 18 heavy (non-hydrogen) atoms. The van der Waals surface area contributed by atoms with E-state index in [-0.39, 0.29) is 0 Å². The summed E-state index contributed by atoms with van der Waals surface area (Å²) in [7, 11) is 0. The van der Waals surface area contributed by atoms with Gasteiger partial charge in [0.05, 0.1) is 0 Å². The molecule has 4 N–H and O–H groups in total. The summed E-state index contributed by atoms with van der Waals surface area (Å²) in [5, 5.41) is 16.2. The van der Waals surface area contributed by atoms with Gasteiger partial charge in [0.1, 0.15) is 0 Å². The molecule has 2 heterocycles. The lowest BCUT2D eigenvalue weighted by Gasteiger charge is -2.02. The molecule has 0 amide bonds. The molecule has 0 fully saturated rings. The summed E-state index contributed by atoms with van der Waals surface area (Å²) in [6, 6.07) is 0. The number of nitrogens with two attached hydrogens (primary N) is 2. The van der Waals surface area contributed by atoms with Crippen LogP contribution in [0.1, 0.15) is 24.5 Å². The normalized spacial score (nSPS) is 11.0. The zero-order valence-electron chi connectivity index (χ0n) is 9.56. The molecule has 0 aliphatic rings. The second-order valence-corrected chi connectivity index (χ2v) is 4.58. The van der Waals surface area contributed by atoms with E-state index in [1.807, 2.05) is 0 Å². The van der Waals surface area contributed by atoms with Crippen LogP contribution in [0.2, 0.25) is 0 Å². The van der Waals surface area contributed by atoms with E-state index in [0.29, 0.717) is 22.0 Å². The van der Waals surface area contributed by atoms with E-state index in [4.69, 9.17) is 11.7 Å². The predicted octanol–water partition coefficient (Wildman–Crippen LogP) is -0.560. The maximum atomic E-state index is 5.68. The van der Waals surface area contributed by atoms with Gasteiger partial charge in [-0.1, -0.05) is 0 Å². The van der Waals surface area contributed by atoms with Crippen LogP contribution in [0.5, 0.6) is 0 Å². The topological polar surface area (TPSA) is 113 Å². The van der Waals surface area contributed by atoms with Crippen molar-refractivity contribution in [1.29, 1.82) is 0 Å². The number of aryl methyl sites for hydroxylation is 2.